The third-order valence-electron chi connectivity index (χ3n) is 3.13. The normalized spacial score (nSPS) is 21.5. The van der Waals surface area contributed by atoms with Crippen molar-refractivity contribution in [1.29, 1.82) is 0 Å². The predicted octanol–water partition coefficient (Wildman–Crippen LogP) is 2.67. The molecule has 1 saturated heterocycles. The van der Waals surface area contributed by atoms with Crippen LogP contribution in [0.5, 0.6) is 0 Å². The molecular formula is C12H18ClN3O. The lowest BCUT2D eigenvalue weighted by Crippen LogP contribution is -2.30. The lowest BCUT2D eigenvalue weighted by atomic mass is 10.1. The molecule has 4 nitrogen and oxygen atoms in total. The highest BCUT2D eigenvalue weighted by Gasteiger charge is 2.23. The summed E-state index contributed by atoms with van der Waals surface area (Å²) >= 11 is 6.05. The van der Waals surface area contributed by atoms with Crippen molar-refractivity contribution in [2.45, 2.75) is 45.3 Å². The first-order chi connectivity index (χ1) is 8.22. The van der Waals surface area contributed by atoms with Crippen LogP contribution in [-0.4, -0.2) is 28.7 Å². The second kappa shape index (κ2) is 5.65. The average Bonchev–Trinajstić information content (AvgIpc) is 2.82. The second-order valence-corrected chi connectivity index (χ2v) is 4.69. The fraction of sp³-hybridized carbons (Fsp3) is 0.667. The van der Waals surface area contributed by atoms with Crippen LogP contribution >= 0.6 is 11.6 Å². The standard InChI is InChI=1S/C12H18ClN3O/c1-3-9-11(13)14-7-15-12(9)16-8(2)10-5-4-6-17-10/h7-8,10H,3-6H2,1-2H3,(H,14,15,16). The van der Waals surface area contributed by atoms with Crippen molar-refractivity contribution in [1.82, 2.24) is 9.97 Å². The van der Waals surface area contributed by atoms with Gasteiger partial charge in [-0.15, -0.1) is 0 Å². The molecule has 1 fully saturated rings. The van der Waals surface area contributed by atoms with Crippen molar-refractivity contribution in [3.63, 3.8) is 0 Å². The lowest BCUT2D eigenvalue weighted by Gasteiger charge is -2.21. The molecule has 1 aliphatic heterocycles. The van der Waals surface area contributed by atoms with Crippen LogP contribution in [0.4, 0.5) is 5.82 Å². The van der Waals surface area contributed by atoms with Crippen LogP contribution in [-0.2, 0) is 11.2 Å². The van der Waals surface area contributed by atoms with Gasteiger partial charge < -0.3 is 10.1 Å². The minimum atomic E-state index is 0.244. The van der Waals surface area contributed by atoms with Gasteiger partial charge in [0.05, 0.1) is 12.1 Å². The Labute approximate surface area is 107 Å². The van der Waals surface area contributed by atoms with Crippen LogP contribution in [0.15, 0.2) is 6.33 Å². The zero-order chi connectivity index (χ0) is 12.3. The van der Waals surface area contributed by atoms with Gasteiger partial charge in [0.1, 0.15) is 17.3 Å². The van der Waals surface area contributed by atoms with E-state index in [2.05, 4.69) is 22.2 Å². The molecule has 17 heavy (non-hydrogen) atoms. The van der Waals surface area contributed by atoms with E-state index < -0.39 is 0 Å². The number of aromatic nitrogens is 2. The predicted molar refractivity (Wildman–Crippen MR) is 68.5 cm³/mol. The molecule has 0 saturated carbocycles. The van der Waals surface area contributed by atoms with Crippen LogP contribution in [0.25, 0.3) is 0 Å². The maximum absolute atomic E-state index is 6.05. The first kappa shape index (κ1) is 12.6. The molecule has 0 aromatic carbocycles. The summed E-state index contributed by atoms with van der Waals surface area (Å²) in [5.74, 6) is 0.829. The SMILES string of the molecule is CCc1c(Cl)ncnc1NC(C)C1CCCO1. The van der Waals surface area contributed by atoms with Gasteiger partial charge in [0.2, 0.25) is 0 Å². The summed E-state index contributed by atoms with van der Waals surface area (Å²) < 4.78 is 5.65. The summed E-state index contributed by atoms with van der Waals surface area (Å²) in [7, 11) is 0. The molecule has 0 spiro atoms. The van der Waals surface area contributed by atoms with E-state index in [0.29, 0.717) is 5.15 Å². The lowest BCUT2D eigenvalue weighted by molar-refractivity contribution is 0.0995. The van der Waals surface area contributed by atoms with Gasteiger partial charge in [0.25, 0.3) is 0 Å². The van der Waals surface area contributed by atoms with Crippen molar-refractivity contribution >= 4 is 17.4 Å². The molecule has 2 unspecified atom stereocenters. The van der Waals surface area contributed by atoms with Crippen molar-refractivity contribution in [2.24, 2.45) is 0 Å². The molecule has 1 aromatic rings. The molecule has 0 bridgehead atoms. The van der Waals surface area contributed by atoms with E-state index in [-0.39, 0.29) is 12.1 Å². The van der Waals surface area contributed by atoms with Crippen LogP contribution in [0, 0.1) is 0 Å². The van der Waals surface area contributed by atoms with Crippen molar-refractivity contribution in [2.75, 3.05) is 11.9 Å². The number of halogens is 1. The number of anilines is 1. The largest absolute Gasteiger partial charge is 0.376 e. The van der Waals surface area contributed by atoms with Crippen molar-refractivity contribution < 1.29 is 4.74 Å². The maximum atomic E-state index is 6.05. The fourth-order valence-electron chi connectivity index (χ4n) is 2.13. The van der Waals surface area contributed by atoms with Gasteiger partial charge in [-0.05, 0) is 26.2 Å². The number of ether oxygens (including phenoxy) is 1. The van der Waals surface area contributed by atoms with E-state index in [1.807, 2.05) is 6.92 Å². The van der Waals surface area contributed by atoms with Gasteiger partial charge in [0.15, 0.2) is 0 Å². The maximum Gasteiger partial charge on any atom is 0.137 e. The number of nitrogens with zero attached hydrogens (tertiary/aromatic N) is 2. The van der Waals surface area contributed by atoms with Gasteiger partial charge in [-0.25, -0.2) is 9.97 Å². The van der Waals surface area contributed by atoms with Crippen molar-refractivity contribution in [3.8, 4) is 0 Å². The summed E-state index contributed by atoms with van der Waals surface area (Å²) in [6, 6.07) is 0.244. The van der Waals surface area contributed by atoms with E-state index in [1.165, 1.54) is 6.33 Å². The molecule has 94 valence electrons. The Bertz CT molecular complexity index is 380. The zero-order valence-corrected chi connectivity index (χ0v) is 11.0. The van der Waals surface area contributed by atoms with Crippen LogP contribution in [0.2, 0.25) is 5.15 Å². The van der Waals surface area contributed by atoms with Gasteiger partial charge in [-0.1, -0.05) is 18.5 Å². The molecule has 2 atom stereocenters. The highest BCUT2D eigenvalue weighted by Crippen LogP contribution is 2.23. The first-order valence-corrected chi connectivity index (χ1v) is 6.47. The highest BCUT2D eigenvalue weighted by atomic mass is 35.5. The van der Waals surface area contributed by atoms with Gasteiger partial charge in [-0.3, -0.25) is 0 Å². The zero-order valence-electron chi connectivity index (χ0n) is 10.2. The highest BCUT2D eigenvalue weighted by molar-refractivity contribution is 6.30. The molecule has 5 heteroatoms. The molecular weight excluding hydrogens is 238 g/mol. The molecule has 0 radical (unpaired) electrons. The van der Waals surface area contributed by atoms with Gasteiger partial charge in [0, 0.05) is 12.2 Å². The van der Waals surface area contributed by atoms with Gasteiger partial charge in [-0.2, -0.15) is 0 Å². The average molecular weight is 256 g/mol. The Balaban J connectivity index is 2.09. The number of nitrogens with one attached hydrogen (secondary N) is 1. The molecule has 2 heterocycles. The minimum Gasteiger partial charge on any atom is -0.376 e. The number of hydrogen-bond donors (Lipinski definition) is 1. The first-order valence-electron chi connectivity index (χ1n) is 6.10. The van der Waals surface area contributed by atoms with Crippen molar-refractivity contribution in [3.05, 3.63) is 17.0 Å². The van der Waals surface area contributed by atoms with Crippen LogP contribution < -0.4 is 5.32 Å². The number of hydrogen-bond acceptors (Lipinski definition) is 4. The van der Waals surface area contributed by atoms with Gasteiger partial charge >= 0.3 is 0 Å². The Kier molecular flexibility index (Phi) is 4.18. The van der Waals surface area contributed by atoms with E-state index in [1.54, 1.807) is 0 Å². The molecule has 1 aromatic heterocycles. The molecule has 1 N–H and O–H groups in total. The van der Waals surface area contributed by atoms with Crippen LogP contribution in [0.3, 0.4) is 0 Å². The summed E-state index contributed by atoms with van der Waals surface area (Å²) in [6.07, 6.45) is 4.83. The summed E-state index contributed by atoms with van der Waals surface area (Å²) in [6.45, 7) is 5.03. The Morgan fingerprint density at radius 3 is 3.06 bits per heavy atom. The molecule has 0 aliphatic carbocycles. The fourth-order valence-corrected chi connectivity index (χ4v) is 2.40. The topological polar surface area (TPSA) is 47.0 Å². The summed E-state index contributed by atoms with van der Waals surface area (Å²) in [5.41, 5.74) is 0.971. The van der Waals surface area contributed by atoms with E-state index in [9.17, 15) is 0 Å². The summed E-state index contributed by atoms with van der Waals surface area (Å²) in [4.78, 5) is 8.26. The monoisotopic (exact) mass is 255 g/mol. The Morgan fingerprint density at radius 2 is 2.41 bits per heavy atom. The van der Waals surface area contributed by atoms with E-state index in [0.717, 1.165) is 37.3 Å². The van der Waals surface area contributed by atoms with Crippen LogP contribution in [0.1, 0.15) is 32.3 Å². The second-order valence-electron chi connectivity index (χ2n) is 4.33. The van der Waals surface area contributed by atoms with E-state index >= 15 is 0 Å². The number of rotatable bonds is 4. The minimum absolute atomic E-state index is 0.244. The summed E-state index contributed by atoms with van der Waals surface area (Å²) in [5, 5.41) is 3.92. The Hall–Kier alpha value is -0.870. The molecule has 2 rings (SSSR count). The third kappa shape index (κ3) is 2.87. The third-order valence-corrected chi connectivity index (χ3v) is 3.46. The smallest absolute Gasteiger partial charge is 0.137 e. The quantitative estimate of drug-likeness (QED) is 0.841. The van der Waals surface area contributed by atoms with E-state index in [4.69, 9.17) is 16.3 Å². The molecule has 1 aliphatic rings. The molecule has 0 amide bonds. The Morgan fingerprint density at radius 1 is 1.59 bits per heavy atom.